The highest BCUT2D eigenvalue weighted by atomic mass is 16.5. The third kappa shape index (κ3) is 10.4. The van der Waals surface area contributed by atoms with E-state index < -0.39 is 0 Å². The molecule has 0 aliphatic carbocycles. The molecule has 0 aliphatic rings. The molecule has 4 aromatic rings. The summed E-state index contributed by atoms with van der Waals surface area (Å²) in [6.45, 7) is 12.9. The van der Waals surface area contributed by atoms with Crippen LogP contribution in [0.2, 0.25) is 0 Å². The van der Waals surface area contributed by atoms with Crippen LogP contribution in [0, 0.1) is 11.8 Å². The Morgan fingerprint density at radius 3 is 1.28 bits per heavy atom. The predicted molar refractivity (Wildman–Crippen MR) is 198 cm³/mol. The van der Waals surface area contributed by atoms with E-state index in [-0.39, 0.29) is 54.9 Å². The van der Waals surface area contributed by atoms with E-state index in [0.717, 1.165) is 59.3 Å². The molecule has 0 saturated heterocycles. The van der Waals surface area contributed by atoms with Crippen molar-refractivity contribution in [3.8, 4) is 11.5 Å². The third-order valence-corrected chi connectivity index (χ3v) is 9.17. The standard InChI is InChI=1S/C43H53NO6/c1-29(2)42(47)49-40-19-17-32(27-45)25-38(40)36(34-13-9-7-10-14-34)21-23-44(31(5)6)24-22-37(35-15-11-8-12-16-35)39-26-33(28-46)18-20-41(39)50-43(48)30(3)4/h7-20,25-26,29-31,36-37,45-46H,21-24,27-28H2,1-6H3. The predicted octanol–water partition coefficient (Wildman–Crippen LogP) is 8.25. The number of nitrogens with zero attached hydrogens (tertiary/aromatic N) is 1. The van der Waals surface area contributed by atoms with Gasteiger partial charge in [-0.3, -0.25) is 9.59 Å². The number of rotatable bonds is 17. The number of carbonyl (C=O) groups excluding carboxylic acids is 2. The monoisotopic (exact) mass is 679 g/mol. The maximum Gasteiger partial charge on any atom is 0.313 e. The summed E-state index contributed by atoms with van der Waals surface area (Å²) in [4.78, 5) is 28.0. The molecule has 50 heavy (non-hydrogen) atoms. The van der Waals surface area contributed by atoms with E-state index in [2.05, 4.69) is 43.0 Å². The summed E-state index contributed by atoms with van der Waals surface area (Å²) < 4.78 is 11.8. The maximum absolute atomic E-state index is 12.8. The van der Waals surface area contributed by atoms with Gasteiger partial charge < -0.3 is 24.6 Å². The van der Waals surface area contributed by atoms with Gasteiger partial charge in [-0.15, -0.1) is 0 Å². The minimum Gasteiger partial charge on any atom is -0.426 e. The van der Waals surface area contributed by atoms with Gasteiger partial charge in [-0.05, 0) is 86.3 Å². The van der Waals surface area contributed by atoms with Crippen molar-refractivity contribution in [2.24, 2.45) is 11.8 Å². The second kappa shape index (κ2) is 18.6. The summed E-state index contributed by atoms with van der Waals surface area (Å²) in [6.07, 6.45) is 1.49. The third-order valence-electron chi connectivity index (χ3n) is 9.17. The molecular formula is C43H53NO6. The van der Waals surface area contributed by atoms with Crippen molar-refractivity contribution in [2.75, 3.05) is 13.1 Å². The molecule has 0 saturated carbocycles. The number of aliphatic hydroxyl groups is 2. The molecule has 7 nitrogen and oxygen atoms in total. The number of hydrogen-bond donors (Lipinski definition) is 2. The van der Waals surface area contributed by atoms with E-state index in [1.54, 1.807) is 24.3 Å². The van der Waals surface area contributed by atoms with Crippen molar-refractivity contribution in [1.82, 2.24) is 4.90 Å². The average Bonchev–Trinajstić information content (AvgIpc) is 3.12. The second-order valence-corrected chi connectivity index (χ2v) is 13.8. The highest BCUT2D eigenvalue weighted by molar-refractivity contribution is 5.75. The fourth-order valence-corrected chi connectivity index (χ4v) is 6.17. The van der Waals surface area contributed by atoms with Crippen LogP contribution in [0.15, 0.2) is 97.1 Å². The Morgan fingerprint density at radius 2 is 0.960 bits per heavy atom. The summed E-state index contributed by atoms with van der Waals surface area (Å²) >= 11 is 0. The van der Waals surface area contributed by atoms with Crippen molar-refractivity contribution >= 4 is 11.9 Å². The molecular weight excluding hydrogens is 626 g/mol. The molecule has 2 unspecified atom stereocenters. The van der Waals surface area contributed by atoms with Gasteiger partial charge in [0.25, 0.3) is 0 Å². The number of benzene rings is 4. The van der Waals surface area contributed by atoms with E-state index in [4.69, 9.17) is 9.47 Å². The van der Waals surface area contributed by atoms with Gasteiger partial charge in [0.1, 0.15) is 11.5 Å². The molecule has 2 atom stereocenters. The number of aliphatic hydroxyl groups excluding tert-OH is 2. The van der Waals surface area contributed by atoms with E-state index >= 15 is 0 Å². The van der Waals surface area contributed by atoms with Crippen LogP contribution < -0.4 is 9.47 Å². The Hall–Kier alpha value is -4.30. The van der Waals surface area contributed by atoms with Crippen LogP contribution in [0.3, 0.4) is 0 Å². The largest absolute Gasteiger partial charge is 0.426 e. The summed E-state index contributed by atoms with van der Waals surface area (Å²) in [5, 5.41) is 20.1. The molecule has 7 heteroatoms. The van der Waals surface area contributed by atoms with Gasteiger partial charge in [-0.1, -0.05) is 100 Å². The first-order valence-corrected chi connectivity index (χ1v) is 17.8. The summed E-state index contributed by atoms with van der Waals surface area (Å²) in [5.74, 6) is -0.304. The highest BCUT2D eigenvalue weighted by Gasteiger charge is 2.26. The Morgan fingerprint density at radius 1 is 0.580 bits per heavy atom. The van der Waals surface area contributed by atoms with Gasteiger partial charge in [0.15, 0.2) is 0 Å². The minimum atomic E-state index is -0.297. The molecule has 0 aliphatic heterocycles. The fourth-order valence-electron chi connectivity index (χ4n) is 6.17. The van der Waals surface area contributed by atoms with Gasteiger partial charge in [-0.2, -0.15) is 0 Å². The van der Waals surface area contributed by atoms with Crippen LogP contribution in [0.1, 0.15) is 99.6 Å². The molecule has 0 amide bonds. The lowest BCUT2D eigenvalue weighted by molar-refractivity contribution is -0.138. The van der Waals surface area contributed by atoms with Crippen molar-refractivity contribution < 1.29 is 29.3 Å². The molecule has 0 radical (unpaired) electrons. The topological polar surface area (TPSA) is 96.3 Å². The Bertz CT molecular complexity index is 1550. The van der Waals surface area contributed by atoms with Crippen molar-refractivity contribution in [3.63, 3.8) is 0 Å². The van der Waals surface area contributed by atoms with E-state index in [0.29, 0.717) is 11.5 Å². The average molecular weight is 680 g/mol. The zero-order valence-corrected chi connectivity index (χ0v) is 30.3. The molecule has 0 spiro atoms. The van der Waals surface area contributed by atoms with E-state index in [9.17, 15) is 19.8 Å². The van der Waals surface area contributed by atoms with Crippen LogP contribution in [-0.2, 0) is 22.8 Å². The first-order valence-electron chi connectivity index (χ1n) is 17.8. The lowest BCUT2D eigenvalue weighted by atomic mass is 9.85. The maximum atomic E-state index is 12.8. The van der Waals surface area contributed by atoms with E-state index in [1.165, 1.54) is 0 Å². The summed E-state index contributed by atoms with van der Waals surface area (Å²) in [5.41, 5.74) is 5.48. The normalized spacial score (nSPS) is 12.8. The van der Waals surface area contributed by atoms with Crippen LogP contribution in [0.4, 0.5) is 0 Å². The molecule has 2 N–H and O–H groups in total. The first-order chi connectivity index (χ1) is 24.0. The van der Waals surface area contributed by atoms with Crippen LogP contribution in [0.25, 0.3) is 0 Å². The molecule has 266 valence electrons. The minimum absolute atomic E-state index is 0.0906. The van der Waals surface area contributed by atoms with Gasteiger partial charge in [0.05, 0.1) is 25.0 Å². The van der Waals surface area contributed by atoms with Crippen molar-refractivity contribution in [2.45, 2.75) is 85.5 Å². The smallest absolute Gasteiger partial charge is 0.313 e. The Balaban J connectivity index is 1.67. The summed E-state index contributed by atoms with van der Waals surface area (Å²) in [6, 6.07) is 31.8. The SMILES string of the molecule is CC(C)C(=O)Oc1ccc(CO)cc1C(CCN(CCC(c1ccccc1)c1cc(CO)ccc1OC(=O)C(C)C)C(C)C)c1ccccc1. The number of ether oxygens (including phenoxy) is 2. The number of carbonyl (C=O) groups is 2. The molecule has 0 bridgehead atoms. The lowest BCUT2D eigenvalue weighted by Gasteiger charge is -2.31. The Labute approximate surface area is 297 Å². The quantitative estimate of drug-likeness (QED) is 0.0857. The number of esters is 2. The highest BCUT2D eigenvalue weighted by Crippen LogP contribution is 2.38. The van der Waals surface area contributed by atoms with Crippen molar-refractivity contribution in [1.29, 1.82) is 0 Å². The summed E-state index contributed by atoms with van der Waals surface area (Å²) in [7, 11) is 0. The fraction of sp³-hybridized carbons (Fsp3) is 0.395. The van der Waals surface area contributed by atoms with Crippen LogP contribution >= 0.6 is 0 Å². The van der Waals surface area contributed by atoms with Gasteiger partial charge in [-0.25, -0.2) is 0 Å². The molecule has 4 aromatic carbocycles. The molecule has 0 heterocycles. The van der Waals surface area contributed by atoms with Gasteiger partial charge >= 0.3 is 11.9 Å². The van der Waals surface area contributed by atoms with E-state index in [1.807, 2.05) is 76.2 Å². The Kier molecular flexibility index (Phi) is 14.3. The molecule has 0 fully saturated rings. The van der Waals surface area contributed by atoms with Crippen LogP contribution in [-0.4, -0.2) is 46.2 Å². The zero-order valence-electron chi connectivity index (χ0n) is 30.3. The van der Waals surface area contributed by atoms with Crippen LogP contribution in [0.5, 0.6) is 11.5 Å². The number of hydrogen-bond acceptors (Lipinski definition) is 7. The van der Waals surface area contributed by atoms with Gasteiger partial charge in [0.2, 0.25) is 0 Å². The van der Waals surface area contributed by atoms with Gasteiger partial charge in [0, 0.05) is 29.0 Å². The lowest BCUT2D eigenvalue weighted by Crippen LogP contribution is -2.34. The molecule has 4 rings (SSSR count). The molecule has 0 aromatic heterocycles. The zero-order chi connectivity index (χ0) is 36.2. The van der Waals surface area contributed by atoms with Crippen molar-refractivity contribution in [3.05, 3.63) is 130 Å². The second-order valence-electron chi connectivity index (χ2n) is 13.8. The first kappa shape index (κ1) is 38.5.